The molecule has 1 saturated heterocycles. The molecule has 0 N–H and O–H groups in total. The topological polar surface area (TPSA) is 82.1 Å². The van der Waals surface area contributed by atoms with E-state index in [4.69, 9.17) is 14.2 Å². The first-order valence-corrected chi connectivity index (χ1v) is 9.32. The molecule has 1 heterocycles. The predicted molar refractivity (Wildman–Crippen MR) is 107 cm³/mol. The number of hydrogen-bond acceptors (Lipinski definition) is 6. The van der Waals surface area contributed by atoms with Crippen molar-refractivity contribution in [2.24, 2.45) is 0 Å². The standard InChI is InChI=1S/C22H23NO6/c1-27-18-10-7-16(20(13-18)28-2)12-22(26)29-14-19(24)15-5-8-17(9-6-15)23-11-3-4-21(23)25/h5-10,13H,3-4,11-12,14H2,1-2H3. The summed E-state index contributed by atoms with van der Waals surface area (Å²) in [5.41, 5.74) is 1.84. The average molecular weight is 397 g/mol. The molecular weight excluding hydrogens is 374 g/mol. The van der Waals surface area contributed by atoms with Crippen LogP contribution in [0.5, 0.6) is 11.5 Å². The Labute approximate surface area is 169 Å². The number of hydrogen-bond donors (Lipinski definition) is 0. The first kappa shape index (κ1) is 20.4. The van der Waals surface area contributed by atoms with E-state index in [2.05, 4.69) is 0 Å². The Morgan fingerprint density at radius 3 is 2.41 bits per heavy atom. The lowest BCUT2D eigenvalue weighted by Gasteiger charge is -2.15. The summed E-state index contributed by atoms with van der Waals surface area (Å²) in [4.78, 5) is 37.9. The zero-order valence-electron chi connectivity index (χ0n) is 16.5. The summed E-state index contributed by atoms with van der Waals surface area (Å²) < 4.78 is 15.5. The highest BCUT2D eigenvalue weighted by molar-refractivity contribution is 5.99. The number of carbonyl (C=O) groups is 3. The Morgan fingerprint density at radius 2 is 1.79 bits per heavy atom. The smallest absolute Gasteiger partial charge is 0.310 e. The number of ether oxygens (including phenoxy) is 3. The SMILES string of the molecule is COc1ccc(CC(=O)OCC(=O)c2ccc(N3CCCC3=O)cc2)c(OC)c1. The fourth-order valence-electron chi connectivity index (χ4n) is 3.18. The monoisotopic (exact) mass is 397 g/mol. The zero-order chi connectivity index (χ0) is 20.8. The molecule has 1 amide bonds. The van der Waals surface area contributed by atoms with E-state index in [1.165, 1.54) is 7.11 Å². The van der Waals surface area contributed by atoms with Gasteiger partial charge in [-0.2, -0.15) is 0 Å². The van der Waals surface area contributed by atoms with Gasteiger partial charge >= 0.3 is 5.97 Å². The van der Waals surface area contributed by atoms with E-state index in [9.17, 15) is 14.4 Å². The van der Waals surface area contributed by atoms with Gasteiger partial charge in [0, 0.05) is 35.8 Å². The van der Waals surface area contributed by atoms with Crippen LogP contribution in [-0.4, -0.2) is 45.0 Å². The van der Waals surface area contributed by atoms with Crippen LogP contribution >= 0.6 is 0 Å². The second-order valence-electron chi connectivity index (χ2n) is 6.63. The number of rotatable bonds is 8. The molecule has 7 nitrogen and oxygen atoms in total. The summed E-state index contributed by atoms with van der Waals surface area (Å²) in [5.74, 6) is 0.389. The van der Waals surface area contributed by atoms with E-state index in [1.54, 1.807) is 54.5 Å². The van der Waals surface area contributed by atoms with E-state index in [1.807, 2.05) is 0 Å². The fourth-order valence-corrected chi connectivity index (χ4v) is 3.18. The minimum absolute atomic E-state index is 0.0174. The molecule has 152 valence electrons. The second kappa shape index (κ2) is 9.23. The molecular formula is C22H23NO6. The van der Waals surface area contributed by atoms with Gasteiger partial charge in [0.15, 0.2) is 12.4 Å². The number of ketones is 1. The maximum absolute atomic E-state index is 12.3. The van der Waals surface area contributed by atoms with Crippen LogP contribution in [0.15, 0.2) is 42.5 Å². The summed E-state index contributed by atoms with van der Waals surface area (Å²) in [6, 6.07) is 11.9. The van der Waals surface area contributed by atoms with Gasteiger partial charge in [-0.25, -0.2) is 0 Å². The zero-order valence-corrected chi connectivity index (χ0v) is 16.5. The predicted octanol–water partition coefficient (Wildman–Crippen LogP) is 2.80. The van der Waals surface area contributed by atoms with Crippen LogP contribution in [-0.2, 0) is 20.7 Å². The summed E-state index contributed by atoms with van der Waals surface area (Å²) in [6.45, 7) is 0.345. The van der Waals surface area contributed by atoms with E-state index in [0.29, 0.717) is 35.6 Å². The molecule has 7 heteroatoms. The number of anilines is 1. The Bertz CT molecular complexity index is 906. The summed E-state index contributed by atoms with van der Waals surface area (Å²) in [7, 11) is 3.05. The lowest BCUT2D eigenvalue weighted by Crippen LogP contribution is -2.23. The number of amides is 1. The molecule has 0 aliphatic carbocycles. The van der Waals surface area contributed by atoms with Gasteiger partial charge in [0.1, 0.15) is 11.5 Å². The highest BCUT2D eigenvalue weighted by Crippen LogP contribution is 2.25. The largest absolute Gasteiger partial charge is 0.497 e. The van der Waals surface area contributed by atoms with Gasteiger partial charge in [0.05, 0.1) is 20.6 Å². The molecule has 2 aromatic rings. The van der Waals surface area contributed by atoms with Crippen molar-refractivity contribution in [2.45, 2.75) is 19.3 Å². The van der Waals surface area contributed by atoms with Gasteiger partial charge in [-0.15, -0.1) is 0 Å². The molecule has 1 fully saturated rings. The third-order valence-electron chi connectivity index (χ3n) is 4.77. The Balaban J connectivity index is 1.55. The van der Waals surface area contributed by atoms with Gasteiger partial charge in [-0.3, -0.25) is 14.4 Å². The van der Waals surface area contributed by atoms with Crippen molar-refractivity contribution in [3.05, 3.63) is 53.6 Å². The first-order chi connectivity index (χ1) is 14.0. The van der Waals surface area contributed by atoms with Crippen LogP contribution in [0.1, 0.15) is 28.8 Å². The molecule has 0 unspecified atom stereocenters. The molecule has 29 heavy (non-hydrogen) atoms. The van der Waals surface area contributed by atoms with Crippen molar-refractivity contribution in [1.82, 2.24) is 0 Å². The number of benzene rings is 2. The number of nitrogens with zero attached hydrogens (tertiary/aromatic N) is 1. The molecule has 1 aliphatic rings. The average Bonchev–Trinajstić information content (AvgIpc) is 3.18. The van der Waals surface area contributed by atoms with Crippen molar-refractivity contribution < 1.29 is 28.6 Å². The maximum atomic E-state index is 12.3. The van der Waals surface area contributed by atoms with Gasteiger partial charge < -0.3 is 19.1 Å². The maximum Gasteiger partial charge on any atom is 0.310 e. The van der Waals surface area contributed by atoms with Crippen molar-refractivity contribution in [3.63, 3.8) is 0 Å². The number of esters is 1. The van der Waals surface area contributed by atoms with Crippen LogP contribution in [0.2, 0.25) is 0 Å². The molecule has 0 spiro atoms. The third kappa shape index (κ3) is 4.93. The molecule has 1 aliphatic heterocycles. The quantitative estimate of drug-likeness (QED) is 0.503. The normalized spacial score (nSPS) is 13.3. The molecule has 2 aromatic carbocycles. The van der Waals surface area contributed by atoms with Crippen molar-refractivity contribution in [3.8, 4) is 11.5 Å². The summed E-state index contributed by atoms with van der Waals surface area (Å²) in [6.07, 6.45) is 1.38. The van der Waals surface area contributed by atoms with E-state index in [-0.39, 0.29) is 24.7 Å². The minimum Gasteiger partial charge on any atom is -0.497 e. The van der Waals surface area contributed by atoms with Gasteiger partial charge in [0.25, 0.3) is 0 Å². The van der Waals surface area contributed by atoms with E-state index in [0.717, 1.165) is 12.1 Å². The molecule has 3 rings (SSSR count). The number of methoxy groups -OCH3 is 2. The van der Waals surface area contributed by atoms with Crippen LogP contribution in [0, 0.1) is 0 Å². The van der Waals surface area contributed by atoms with Gasteiger partial charge in [0.2, 0.25) is 5.91 Å². The first-order valence-electron chi connectivity index (χ1n) is 9.32. The Morgan fingerprint density at radius 1 is 1.03 bits per heavy atom. The highest BCUT2D eigenvalue weighted by Gasteiger charge is 2.22. The summed E-state index contributed by atoms with van der Waals surface area (Å²) in [5, 5.41) is 0. The van der Waals surface area contributed by atoms with Crippen molar-refractivity contribution in [2.75, 3.05) is 32.3 Å². The van der Waals surface area contributed by atoms with Crippen LogP contribution in [0.4, 0.5) is 5.69 Å². The third-order valence-corrected chi connectivity index (χ3v) is 4.77. The lowest BCUT2D eigenvalue weighted by atomic mass is 10.1. The van der Waals surface area contributed by atoms with Gasteiger partial charge in [-0.1, -0.05) is 6.07 Å². The van der Waals surface area contributed by atoms with E-state index < -0.39 is 5.97 Å². The Kier molecular flexibility index (Phi) is 6.49. The number of carbonyl (C=O) groups excluding carboxylic acids is 3. The van der Waals surface area contributed by atoms with Gasteiger partial charge in [-0.05, 0) is 36.8 Å². The molecule has 0 saturated carbocycles. The van der Waals surface area contributed by atoms with Crippen LogP contribution < -0.4 is 14.4 Å². The van der Waals surface area contributed by atoms with Crippen molar-refractivity contribution >= 4 is 23.3 Å². The Hall–Kier alpha value is -3.35. The summed E-state index contributed by atoms with van der Waals surface area (Å²) >= 11 is 0. The number of Topliss-reactive ketones (excluding diaryl/α,β-unsaturated/α-hetero) is 1. The molecule has 0 aromatic heterocycles. The highest BCUT2D eigenvalue weighted by atomic mass is 16.5. The second-order valence-corrected chi connectivity index (χ2v) is 6.63. The van der Waals surface area contributed by atoms with E-state index >= 15 is 0 Å². The fraction of sp³-hybridized carbons (Fsp3) is 0.318. The van der Waals surface area contributed by atoms with Crippen LogP contribution in [0.3, 0.4) is 0 Å². The molecule has 0 bridgehead atoms. The molecule has 0 atom stereocenters. The molecule has 0 radical (unpaired) electrons. The minimum atomic E-state index is -0.527. The lowest BCUT2D eigenvalue weighted by molar-refractivity contribution is -0.141. The van der Waals surface area contributed by atoms with Crippen molar-refractivity contribution in [1.29, 1.82) is 0 Å². The van der Waals surface area contributed by atoms with Crippen LogP contribution in [0.25, 0.3) is 0 Å².